The molecule has 9 aromatic carbocycles. The molecule has 13 aromatic rings. The molecule has 0 N–H and O–H groups in total. The molecule has 0 bridgehead atoms. The fourth-order valence-corrected chi connectivity index (χ4v) is 12.1. The summed E-state index contributed by atoms with van der Waals surface area (Å²) in [6.45, 7) is 7.38. The minimum absolute atomic E-state index is 0.0895. The Labute approximate surface area is 440 Å². The van der Waals surface area contributed by atoms with E-state index in [1.807, 2.05) is 18.5 Å². The van der Waals surface area contributed by atoms with Crippen LogP contribution in [0.25, 0.3) is 99.8 Å². The van der Waals surface area contributed by atoms with Crippen LogP contribution in [0.1, 0.15) is 26.3 Å². The van der Waals surface area contributed by atoms with Gasteiger partial charge in [0, 0.05) is 74.0 Å². The van der Waals surface area contributed by atoms with Crippen LogP contribution in [0, 0.1) is 0 Å². The van der Waals surface area contributed by atoms with E-state index in [0.717, 1.165) is 78.5 Å². The maximum atomic E-state index is 7.03. The third-order valence-electron chi connectivity index (χ3n) is 15.6. The largest absolute Gasteiger partial charge is 0.457 e. The zero-order valence-electron chi connectivity index (χ0n) is 42.3. The third-order valence-corrected chi connectivity index (χ3v) is 15.6. The maximum absolute atomic E-state index is 7.03. The number of ether oxygens (including phenoxy) is 1. The van der Waals surface area contributed by atoms with Gasteiger partial charge in [-0.25, -0.2) is 9.97 Å². The van der Waals surface area contributed by atoms with Crippen molar-refractivity contribution in [1.29, 1.82) is 0 Å². The van der Waals surface area contributed by atoms with Gasteiger partial charge in [-0.15, -0.1) is 0 Å². The summed E-state index contributed by atoms with van der Waals surface area (Å²) in [6, 6.07) is 80.6. The van der Waals surface area contributed by atoms with Crippen molar-refractivity contribution < 1.29 is 4.74 Å². The van der Waals surface area contributed by atoms with Gasteiger partial charge in [-0.05, 0) is 106 Å². The lowest BCUT2D eigenvalue weighted by molar-refractivity contribution is 0.483. The van der Waals surface area contributed by atoms with Crippen molar-refractivity contribution in [2.24, 2.45) is 0 Å². The smallest absolute Gasteiger partial charge is 0.145 e. The Bertz CT molecular complexity index is 4410. The van der Waals surface area contributed by atoms with Gasteiger partial charge in [0.1, 0.15) is 29.6 Å². The van der Waals surface area contributed by atoms with E-state index in [2.05, 4.69) is 258 Å². The van der Waals surface area contributed by atoms with E-state index in [-0.39, 0.29) is 5.41 Å². The lowest BCUT2D eigenvalue weighted by atomic mass is 9.88. The summed E-state index contributed by atoms with van der Waals surface area (Å²) in [5.41, 5.74) is 20.3. The summed E-state index contributed by atoms with van der Waals surface area (Å²) in [5, 5.41) is 4.59. The van der Waals surface area contributed by atoms with Crippen LogP contribution in [-0.2, 0) is 5.41 Å². The van der Waals surface area contributed by atoms with E-state index in [1.165, 1.54) is 61.1 Å². The quantitative estimate of drug-likeness (QED) is 0.159. The monoisotopic (exact) mass is 978 g/mol. The molecule has 362 valence electrons. The molecule has 0 saturated carbocycles. The van der Waals surface area contributed by atoms with Crippen molar-refractivity contribution in [1.82, 2.24) is 19.1 Å². The van der Waals surface area contributed by atoms with Gasteiger partial charge in [0.25, 0.3) is 0 Å². The summed E-state index contributed by atoms with van der Waals surface area (Å²) < 4.78 is 11.7. The molecule has 2 aliphatic rings. The SMILES string of the molecule is CC(C)(C)c1ccnc(-n2c3cc(Oc4cccc(N5CN(c6c(-c7ccccc7)cccc6-c6ccccc6)c6ccccc65)c4)ccc3c3c4c(ccc32)-n2c3ncccc3c3cccc(c32)-c2ccccc2-4)c1. The number of pyridine rings is 2. The lowest BCUT2D eigenvalue weighted by Crippen LogP contribution is -2.24. The molecule has 0 unspecified atom stereocenters. The summed E-state index contributed by atoms with van der Waals surface area (Å²) in [4.78, 5) is 15.1. The number of benzene rings is 9. The first-order chi connectivity index (χ1) is 37.4. The minimum atomic E-state index is -0.0895. The molecule has 15 rings (SSSR count). The zero-order chi connectivity index (χ0) is 50.6. The predicted molar refractivity (Wildman–Crippen MR) is 313 cm³/mol. The standard InChI is InChI=1S/C69H50N6O/c1-69(2,3)46-37-39-70-63(40-46)74-60-35-36-61-64(53-25-11-10-24-52(53)54-28-16-29-55-56-30-17-38-71-68(56)75(61)67(54)55)65(60)57-34-33-49(42-62(57)74)76-48-23-14-22-47(41-48)72-43-73(59-32-13-12-31-58(59)72)66-50(44-18-6-4-7-19-44)26-15-27-51(66)45-20-8-5-9-21-45/h4-42H,43H2,1-3H3. The van der Waals surface area contributed by atoms with Crippen molar-refractivity contribution in [2.75, 3.05) is 16.5 Å². The molecular formula is C69H50N6O. The number of rotatable bonds is 7. The molecule has 0 aliphatic carbocycles. The molecule has 0 atom stereocenters. The molecule has 4 aromatic heterocycles. The van der Waals surface area contributed by atoms with Crippen LogP contribution < -0.4 is 14.5 Å². The van der Waals surface area contributed by atoms with Crippen molar-refractivity contribution >= 4 is 66.5 Å². The second-order valence-electron chi connectivity index (χ2n) is 21.0. The van der Waals surface area contributed by atoms with Crippen molar-refractivity contribution in [3.8, 4) is 67.5 Å². The van der Waals surface area contributed by atoms with Gasteiger partial charge in [0.05, 0.1) is 39.3 Å². The van der Waals surface area contributed by atoms with Crippen molar-refractivity contribution in [2.45, 2.75) is 26.2 Å². The van der Waals surface area contributed by atoms with E-state index in [0.29, 0.717) is 6.67 Å². The first-order valence-corrected chi connectivity index (χ1v) is 26.1. The highest BCUT2D eigenvalue weighted by molar-refractivity contribution is 6.22. The van der Waals surface area contributed by atoms with Gasteiger partial charge in [-0.2, -0.15) is 0 Å². The van der Waals surface area contributed by atoms with E-state index in [4.69, 9.17) is 14.7 Å². The van der Waals surface area contributed by atoms with Crippen LogP contribution in [0.15, 0.2) is 237 Å². The summed E-state index contributed by atoms with van der Waals surface area (Å²) in [7, 11) is 0. The highest BCUT2D eigenvalue weighted by Gasteiger charge is 2.33. The number of hydrogen-bond acceptors (Lipinski definition) is 5. The molecule has 76 heavy (non-hydrogen) atoms. The van der Waals surface area contributed by atoms with E-state index >= 15 is 0 Å². The van der Waals surface area contributed by atoms with E-state index < -0.39 is 0 Å². The Morgan fingerprint density at radius 3 is 1.87 bits per heavy atom. The second-order valence-corrected chi connectivity index (χ2v) is 21.0. The van der Waals surface area contributed by atoms with Gasteiger partial charge in [0.15, 0.2) is 0 Å². The van der Waals surface area contributed by atoms with Crippen LogP contribution in [0.4, 0.5) is 22.7 Å². The Kier molecular flexibility index (Phi) is 9.75. The normalized spacial score (nSPS) is 12.8. The summed E-state index contributed by atoms with van der Waals surface area (Å²) in [5.74, 6) is 2.33. The van der Waals surface area contributed by atoms with Crippen LogP contribution in [0.3, 0.4) is 0 Å². The van der Waals surface area contributed by atoms with Crippen molar-refractivity contribution in [3.63, 3.8) is 0 Å². The second kappa shape index (κ2) is 16.9. The molecule has 7 heteroatoms. The van der Waals surface area contributed by atoms with Gasteiger partial charge >= 0.3 is 0 Å². The third kappa shape index (κ3) is 6.75. The Hall–Kier alpha value is -9.72. The van der Waals surface area contributed by atoms with Gasteiger partial charge < -0.3 is 14.5 Å². The van der Waals surface area contributed by atoms with E-state index in [9.17, 15) is 0 Å². The fourth-order valence-electron chi connectivity index (χ4n) is 12.1. The molecule has 0 amide bonds. The van der Waals surface area contributed by atoms with Gasteiger partial charge in [-0.1, -0.05) is 160 Å². The number of aromatic nitrogens is 4. The van der Waals surface area contributed by atoms with Crippen LogP contribution in [0.5, 0.6) is 11.5 Å². The average molecular weight is 979 g/mol. The summed E-state index contributed by atoms with van der Waals surface area (Å²) >= 11 is 0. The zero-order valence-corrected chi connectivity index (χ0v) is 42.3. The molecule has 7 nitrogen and oxygen atoms in total. The molecule has 0 radical (unpaired) electrons. The Morgan fingerprint density at radius 1 is 0.434 bits per heavy atom. The number of anilines is 4. The molecule has 2 aliphatic heterocycles. The Balaban J connectivity index is 0.880. The van der Waals surface area contributed by atoms with Gasteiger partial charge in [0.2, 0.25) is 0 Å². The first kappa shape index (κ1) is 43.8. The maximum Gasteiger partial charge on any atom is 0.145 e. The molecule has 0 fully saturated rings. The number of hydrogen-bond donors (Lipinski definition) is 0. The highest BCUT2D eigenvalue weighted by atomic mass is 16.5. The number of para-hydroxylation sites is 4. The predicted octanol–water partition coefficient (Wildman–Crippen LogP) is 18.0. The highest BCUT2D eigenvalue weighted by Crippen LogP contribution is 2.53. The number of nitrogens with zero attached hydrogens (tertiary/aromatic N) is 6. The number of fused-ring (bicyclic) bond motifs is 13. The van der Waals surface area contributed by atoms with Gasteiger partial charge in [-0.3, -0.25) is 9.13 Å². The fraction of sp³-hybridized carbons (Fsp3) is 0.0725. The molecule has 0 spiro atoms. The molecular weight excluding hydrogens is 929 g/mol. The lowest BCUT2D eigenvalue weighted by Gasteiger charge is -2.27. The topological polar surface area (TPSA) is 51.4 Å². The first-order valence-electron chi connectivity index (χ1n) is 26.1. The minimum Gasteiger partial charge on any atom is -0.457 e. The average Bonchev–Trinajstić information content (AvgIpc) is 4.32. The molecule has 6 heterocycles. The van der Waals surface area contributed by atoms with E-state index in [1.54, 1.807) is 0 Å². The Morgan fingerprint density at radius 2 is 1.09 bits per heavy atom. The van der Waals surface area contributed by atoms with Crippen LogP contribution in [-0.4, -0.2) is 25.8 Å². The van der Waals surface area contributed by atoms with Crippen LogP contribution >= 0.6 is 0 Å². The summed E-state index contributed by atoms with van der Waals surface area (Å²) in [6.07, 6.45) is 3.85. The molecule has 0 saturated heterocycles. The van der Waals surface area contributed by atoms with Crippen molar-refractivity contribution in [3.05, 3.63) is 242 Å². The van der Waals surface area contributed by atoms with Crippen LogP contribution in [0.2, 0.25) is 0 Å².